The average Bonchev–Trinajstić information content (AvgIpc) is 3.01. The Morgan fingerprint density at radius 1 is 1.18 bits per heavy atom. The zero-order valence-electron chi connectivity index (χ0n) is 12.5. The molecule has 3 aromatic rings. The summed E-state index contributed by atoms with van der Waals surface area (Å²) >= 11 is 0. The van der Waals surface area contributed by atoms with Gasteiger partial charge in [-0.25, -0.2) is 4.98 Å². The molecular weight excluding hydrogens is 276 g/mol. The van der Waals surface area contributed by atoms with Gasteiger partial charge in [0, 0.05) is 11.3 Å². The van der Waals surface area contributed by atoms with Gasteiger partial charge in [0.15, 0.2) is 12.0 Å². The fourth-order valence-corrected chi connectivity index (χ4v) is 2.34. The molecule has 1 amide bonds. The molecule has 2 aromatic carbocycles. The van der Waals surface area contributed by atoms with E-state index in [4.69, 9.17) is 4.42 Å². The molecule has 4 heteroatoms. The Kier molecular flexibility index (Phi) is 4.19. The quantitative estimate of drug-likeness (QED) is 0.757. The van der Waals surface area contributed by atoms with Gasteiger partial charge in [-0.05, 0) is 48.7 Å². The standard InChI is InChI=1S/C18H18N2O2/c1-2-3-4-13-5-8-15(9-6-13)20-18(21)14-7-10-17-16(11-14)19-12-22-17/h5-12H,2-4H2,1H3,(H,20,21). The summed E-state index contributed by atoms with van der Waals surface area (Å²) in [5, 5.41) is 2.90. The van der Waals surface area contributed by atoms with E-state index in [1.807, 2.05) is 12.1 Å². The number of aryl methyl sites for hydroxylation is 1. The molecule has 0 unspecified atom stereocenters. The lowest BCUT2D eigenvalue weighted by Gasteiger charge is -2.06. The number of rotatable bonds is 5. The van der Waals surface area contributed by atoms with Gasteiger partial charge in [0.25, 0.3) is 5.91 Å². The molecule has 1 aromatic heterocycles. The van der Waals surface area contributed by atoms with E-state index in [-0.39, 0.29) is 5.91 Å². The van der Waals surface area contributed by atoms with E-state index < -0.39 is 0 Å². The maximum Gasteiger partial charge on any atom is 0.255 e. The van der Waals surface area contributed by atoms with E-state index in [0.717, 1.165) is 12.1 Å². The van der Waals surface area contributed by atoms with E-state index >= 15 is 0 Å². The number of fused-ring (bicyclic) bond motifs is 1. The molecule has 0 bridgehead atoms. The molecule has 0 fully saturated rings. The number of aromatic nitrogens is 1. The van der Waals surface area contributed by atoms with Crippen LogP contribution in [0.4, 0.5) is 5.69 Å². The fraction of sp³-hybridized carbons (Fsp3) is 0.222. The largest absolute Gasteiger partial charge is 0.443 e. The topological polar surface area (TPSA) is 55.1 Å². The van der Waals surface area contributed by atoms with Crippen molar-refractivity contribution in [3.8, 4) is 0 Å². The van der Waals surface area contributed by atoms with Gasteiger partial charge in [-0.3, -0.25) is 4.79 Å². The van der Waals surface area contributed by atoms with E-state index in [1.54, 1.807) is 18.2 Å². The number of hydrogen-bond acceptors (Lipinski definition) is 3. The summed E-state index contributed by atoms with van der Waals surface area (Å²) in [6, 6.07) is 13.2. The third-order valence-corrected chi connectivity index (χ3v) is 3.62. The summed E-state index contributed by atoms with van der Waals surface area (Å²) < 4.78 is 5.17. The van der Waals surface area contributed by atoms with Gasteiger partial charge >= 0.3 is 0 Å². The smallest absolute Gasteiger partial charge is 0.255 e. The lowest BCUT2D eigenvalue weighted by molar-refractivity contribution is 0.102. The van der Waals surface area contributed by atoms with Gasteiger partial charge in [0.1, 0.15) is 5.52 Å². The minimum atomic E-state index is -0.147. The maximum absolute atomic E-state index is 12.3. The summed E-state index contributed by atoms with van der Waals surface area (Å²) in [6.45, 7) is 2.18. The molecule has 1 heterocycles. The van der Waals surface area contributed by atoms with E-state index in [2.05, 4.69) is 29.4 Å². The Labute approximate surface area is 129 Å². The van der Waals surface area contributed by atoms with Crippen molar-refractivity contribution in [3.05, 3.63) is 60.0 Å². The van der Waals surface area contributed by atoms with Gasteiger partial charge < -0.3 is 9.73 Å². The van der Waals surface area contributed by atoms with Gasteiger partial charge in [-0.15, -0.1) is 0 Å². The van der Waals surface area contributed by atoms with Crippen LogP contribution in [0.5, 0.6) is 0 Å². The third-order valence-electron chi connectivity index (χ3n) is 3.62. The zero-order chi connectivity index (χ0) is 15.4. The lowest BCUT2D eigenvalue weighted by Crippen LogP contribution is -2.11. The van der Waals surface area contributed by atoms with Crippen molar-refractivity contribution in [2.45, 2.75) is 26.2 Å². The second-order valence-corrected chi connectivity index (χ2v) is 5.29. The van der Waals surface area contributed by atoms with Crippen molar-refractivity contribution in [2.75, 3.05) is 5.32 Å². The average molecular weight is 294 g/mol. The molecule has 0 aliphatic carbocycles. The molecule has 112 valence electrons. The summed E-state index contributed by atoms with van der Waals surface area (Å²) in [6.07, 6.45) is 4.82. The molecule has 0 saturated heterocycles. The van der Waals surface area contributed by atoms with Crippen molar-refractivity contribution in [3.63, 3.8) is 0 Å². The fourth-order valence-electron chi connectivity index (χ4n) is 2.34. The monoisotopic (exact) mass is 294 g/mol. The molecule has 3 rings (SSSR count). The third kappa shape index (κ3) is 3.17. The highest BCUT2D eigenvalue weighted by Gasteiger charge is 2.08. The number of hydrogen-bond donors (Lipinski definition) is 1. The molecule has 0 aliphatic rings. The molecule has 4 nitrogen and oxygen atoms in total. The minimum absolute atomic E-state index is 0.147. The number of carbonyl (C=O) groups excluding carboxylic acids is 1. The van der Waals surface area contributed by atoms with Gasteiger partial charge in [-0.2, -0.15) is 0 Å². The van der Waals surface area contributed by atoms with Gasteiger partial charge in [-0.1, -0.05) is 25.5 Å². The predicted octanol–water partition coefficient (Wildman–Crippen LogP) is 4.42. The van der Waals surface area contributed by atoms with Crippen molar-refractivity contribution >= 4 is 22.7 Å². The van der Waals surface area contributed by atoms with Gasteiger partial charge in [0.05, 0.1) is 0 Å². The Morgan fingerprint density at radius 3 is 2.77 bits per heavy atom. The van der Waals surface area contributed by atoms with Crippen LogP contribution in [-0.2, 0) is 6.42 Å². The van der Waals surface area contributed by atoms with Crippen LogP contribution in [0.25, 0.3) is 11.1 Å². The number of nitrogens with zero attached hydrogens (tertiary/aromatic N) is 1. The number of carbonyl (C=O) groups is 1. The number of unbranched alkanes of at least 4 members (excludes halogenated alkanes) is 1. The van der Waals surface area contributed by atoms with Crippen molar-refractivity contribution < 1.29 is 9.21 Å². The van der Waals surface area contributed by atoms with E-state index in [0.29, 0.717) is 16.7 Å². The van der Waals surface area contributed by atoms with Crippen LogP contribution in [0, 0.1) is 0 Å². The summed E-state index contributed by atoms with van der Waals surface area (Å²) in [5.41, 5.74) is 4.02. The maximum atomic E-state index is 12.3. The number of anilines is 1. The second kappa shape index (κ2) is 6.43. The van der Waals surface area contributed by atoms with Crippen LogP contribution >= 0.6 is 0 Å². The number of amides is 1. The Balaban J connectivity index is 1.70. The van der Waals surface area contributed by atoms with Crippen LogP contribution in [0.1, 0.15) is 35.7 Å². The van der Waals surface area contributed by atoms with Crippen LogP contribution in [0.15, 0.2) is 53.3 Å². The summed E-state index contributed by atoms with van der Waals surface area (Å²) in [4.78, 5) is 16.3. The highest BCUT2D eigenvalue weighted by Crippen LogP contribution is 2.17. The summed E-state index contributed by atoms with van der Waals surface area (Å²) in [5.74, 6) is -0.147. The van der Waals surface area contributed by atoms with Crippen LogP contribution in [-0.4, -0.2) is 10.9 Å². The molecule has 22 heavy (non-hydrogen) atoms. The Morgan fingerprint density at radius 2 is 2.00 bits per heavy atom. The first-order chi connectivity index (χ1) is 10.8. The first-order valence-electron chi connectivity index (χ1n) is 7.50. The SMILES string of the molecule is CCCCc1ccc(NC(=O)c2ccc3ocnc3c2)cc1. The molecule has 0 saturated carbocycles. The molecule has 0 aliphatic heterocycles. The second-order valence-electron chi connectivity index (χ2n) is 5.29. The van der Waals surface area contributed by atoms with Crippen molar-refractivity contribution in [1.82, 2.24) is 4.98 Å². The van der Waals surface area contributed by atoms with Crippen LogP contribution < -0.4 is 5.32 Å². The van der Waals surface area contributed by atoms with Crippen molar-refractivity contribution in [2.24, 2.45) is 0 Å². The van der Waals surface area contributed by atoms with Crippen molar-refractivity contribution in [1.29, 1.82) is 0 Å². The number of nitrogens with one attached hydrogen (secondary N) is 1. The minimum Gasteiger partial charge on any atom is -0.443 e. The zero-order valence-corrected chi connectivity index (χ0v) is 12.5. The highest BCUT2D eigenvalue weighted by molar-refractivity contribution is 6.05. The van der Waals surface area contributed by atoms with Crippen LogP contribution in [0.3, 0.4) is 0 Å². The Hall–Kier alpha value is -2.62. The predicted molar refractivity (Wildman–Crippen MR) is 87.0 cm³/mol. The number of oxazole rings is 1. The molecule has 1 N–H and O–H groups in total. The highest BCUT2D eigenvalue weighted by atomic mass is 16.3. The normalized spacial score (nSPS) is 10.8. The molecule has 0 atom stereocenters. The van der Waals surface area contributed by atoms with E-state index in [9.17, 15) is 4.79 Å². The molecule has 0 radical (unpaired) electrons. The van der Waals surface area contributed by atoms with E-state index in [1.165, 1.54) is 24.8 Å². The van der Waals surface area contributed by atoms with Gasteiger partial charge in [0.2, 0.25) is 0 Å². The summed E-state index contributed by atoms with van der Waals surface area (Å²) in [7, 11) is 0. The first kappa shape index (κ1) is 14.3. The molecule has 0 spiro atoms. The van der Waals surface area contributed by atoms with Crippen LogP contribution in [0.2, 0.25) is 0 Å². The molecular formula is C18H18N2O2. The lowest BCUT2D eigenvalue weighted by atomic mass is 10.1. The first-order valence-corrected chi connectivity index (χ1v) is 7.50. The number of benzene rings is 2. The Bertz CT molecular complexity index is 775.